The fourth-order valence-electron chi connectivity index (χ4n) is 3.12. The molecule has 1 fully saturated rings. The quantitative estimate of drug-likeness (QED) is 0.862. The number of carboxylic acid groups (broad SMARTS) is 1. The summed E-state index contributed by atoms with van der Waals surface area (Å²) in [6, 6.07) is 18.2. The molecular formula is C19H19NNaO4. The average Bonchev–Trinajstić information content (AvgIpc) is 3.07. The third kappa shape index (κ3) is 4.63. The van der Waals surface area contributed by atoms with Gasteiger partial charge in [0.2, 0.25) is 0 Å². The minimum Gasteiger partial charge on any atom is -0.481 e. The molecule has 1 aliphatic heterocycles. The first-order chi connectivity index (χ1) is 11.7. The van der Waals surface area contributed by atoms with Crippen LogP contribution in [0.15, 0.2) is 60.7 Å². The first-order valence-electron chi connectivity index (χ1n) is 7.92. The normalized spacial score (nSPS) is 19.1. The van der Waals surface area contributed by atoms with Gasteiger partial charge in [-0.05, 0) is 17.5 Å². The van der Waals surface area contributed by atoms with Gasteiger partial charge in [0.1, 0.15) is 6.61 Å². The van der Waals surface area contributed by atoms with Crippen molar-refractivity contribution in [2.75, 3.05) is 6.54 Å². The molecular weight excluding hydrogens is 329 g/mol. The smallest absolute Gasteiger partial charge is 0.410 e. The number of hydrogen-bond acceptors (Lipinski definition) is 3. The van der Waals surface area contributed by atoms with Crippen molar-refractivity contribution in [3.63, 3.8) is 0 Å². The van der Waals surface area contributed by atoms with Gasteiger partial charge in [0.25, 0.3) is 0 Å². The van der Waals surface area contributed by atoms with E-state index in [1.54, 1.807) is 0 Å². The van der Waals surface area contributed by atoms with E-state index in [1.807, 2.05) is 60.7 Å². The zero-order valence-electron chi connectivity index (χ0n) is 14.2. The second-order valence-electron chi connectivity index (χ2n) is 5.82. The van der Waals surface area contributed by atoms with E-state index in [0.717, 1.165) is 11.1 Å². The largest absolute Gasteiger partial charge is 0.481 e. The van der Waals surface area contributed by atoms with Crippen LogP contribution in [0.2, 0.25) is 0 Å². The average molecular weight is 348 g/mol. The van der Waals surface area contributed by atoms with Gasteiger partial charge < -0.3 is 14.7 Å². The molecule has 25 heavy (non-hydrogen) atoms. The molecule has 3 rings (SSSR count). The number of likely N-dealkylation sites (tertiary alicyclic amines) is 1. The van der Waals surface area contributed by atoms with Crippen molar-refractivity contribution in [2.45, 2.75) is 19.1 Å². The number of amides is 1. The number of ether oxygens (including phenoxy) is 1. The number of carbonyl (C=O) groups is 2. The van der Waals surface area contributed by atoms with Gasteiger partial charge >= 0.3 is 12.1 Å². The standard InChI is InChI=1S/C19H19NO4.Na/c21-18(22)16-11-12-20(17(16)15-9-5-2-6-10-15)19(23)24-13-14-7-3-1-4-8-14;/h1-10,16-17H,11-13H2,(H,21,22);/t16-,17+;/m1./s1. The van der Waals surface area contributed by atoms with Crippen molar-refractivity contribution in [3.8, 4) is 0 Å². The van der Waals surface area contributed by atoms with E-state index < -0.39 is 24.0 Å². The van der Waals surface area contributed by atoms with Crippen molar-refractivity contribution in [1.82, 2.24) is 4.90 Å². The van der Waals surface area contributed by atoms with Gasteiger partial charge in [-0.25, -0.2) is 4.79 Å². The summed E-state index contributed by atoms with van der Waals surface area (Å²) >= 11 is 0. The molecule has 0 aliphatic carbocycles. The van der Waals surface area contributed by atoms with Crippen molar-refractivity contribution in [1.29, 1.82) is 0 Å². The van der Waals surface area contributed by atoms with Gasteiger partial charge in [0.05, 0.1) is 12.0 Å². The van der Waals surface area contributed by atoms with Crippen LogP contribution >= 0.6 is 0 Å². The van der Waals surface area contributed by atoms with Crippen LogP contribution in [0.4, 0.5) is 4.79 Å². The molecule has 5 nitrogen and oxygen atoms in total. The van der Waals surface area contributed by atoms with E-state index >= 15 is 0 Å². The number of rotatable bonds is 4. The molecule has 2 aromatic rings. The minimum atomic E-state index is -0.887. The molecule has 6 heteroatoms. The van der Waals surface area contributed by atoms with Crippen LogP contribution in [0.3, 0.4) is 0 Å². The number of carboxylic acids is 1. The van der Waals surface area contributed by atoms with E-state index in [1.165, 1.54) is 4.90 Å². The molecule has 1 heterocycles. The Balaban J connectivity index is 0.00000225. The van der Waals surface area contributed by atoms with Crippen LogP contribution in [0.25, 0.3) is 0 Å². The molecule has 2 aromatic carbocycles. The maximum atomic E-state index is 12.5. The Bertz CT molecular complexity index is 708. The zero-order valence-corrected chi connectivity index (χ0v) is 16.2. The summed E-state index contributed by atoms with van der Waals surface area (Å²) in [4.78, 5) is 25.6. The van der Waals surface area contributed by atoms with E-state index in [9.17, 15) is 14.7 Å². The first kappa shape index (κ1) is 19.5. The SMILES string of the molecule is O=C(O)[C@@H]1CCN(C(=O)OCc2ccccc2)[C@H]1c1ccccc1.[Na]. The molecule has 1 radical (unpaired) electrons. The van der Waals surface area contributed by atoms with Gasteiger partial charge in [0, 0.05) is 36.1 Å². The van der Waals surface area contributed by atoms with Crippen LogP contribution in [-0.2, 0) is 16.1 Å². The molecule has 2 atom stereocenters. The summed E-state index contributed by atoms with van der Waals surface area (Å²) < 4.78 is 5.39. The van der Waals surface area contributed by atoms with Gasteiger partial charge in [-0.15, -0.1) is 0 Å². The van der Waals surface area contributed by atoms with Gasteiger partial charge in [0.15, 0.2) is 0 Å². The first-order valence-corrected chi connectivity index (χ1v) is 7.92. The van der Waals surface area contributed by atoms with Crippen molar-refractivity contribution in [3.05, 3.63) is 71.8 Å². The van der Waals surface area contributed by atoms with E-state index in [-0.39, 0.29) is 36.2 Å². The summed E-state index contributed by atoms with van der Waals surface area (Å²) in [5.74, 6) is -1.50. The number of hydrogen-bond donors (Lipinski definition) is 1. The third-order valence-corrected chi connectivity index (χ3v) is 4.30. The predicted molar refractivity (Wildman–Crippen MR) is 94.0 cm³/mol. The Morgan fingerprint density at radius 3 is 2.24 bits per heavy atom. The monoisotopic (exact) mass is 348 g/mol. The van der Waals surface area contributed by atoms with E-state index in [4.69, 9.17) is 4.74 Å². The number of aliphatic carboxylic acids is 1. The second kappa shape index (κ2) is 9.04. The van der Waals surface area contributed by atoms with Crippen molar-refractivity contribution >= 4 is 41.6 Å². The summed E-state index contributed by atoms with van der Waals surface area (Å²) in [7, 11) is 0. The second-order valence-corrected chi connectivity index (χ2v) is 5.82. The fraction of sp³-hybridized carbons (Fsp3) is 0.263. The van der Waals surface area contributed by atoms with Crippen LogP contribution in [0, 0.1) is 5.92 Å². The van der Waals surface area contributed by atoms with Crippen LogP contribution < -0.4 is 0 Å². The summed E-state index contributed by atoms with van der Waals surface area (Å²) in [5.41, 5.74) is 1.72. The number of nitrogens with zero attached hydrogens (tertiary/aromatic N) is 1. The Labute approximate surface area is 168 Å². The summed E-state index contributed by atoms with van der Waals surface area (Å²) in [5, 5.41) is 9.47. The molecule has 125 valence electrons. The van der Waals surface area contributed by atoms with Crippen LogP contribution in [0.5, 0.6) is 0 Å². The summed E-state index contributed by atoms with van der Waals surface area (Å²) in [6.07, 6.45) is -0.0496. The predicted octanol–water partition coefficient (Wildman–Crippen LogP) is 3.09. The van der Waals surface area contributed by atoms with E-state index in [2.05, 4.69) is 0 Å². The molecule has 1 amide bonds. The molecule has 0 spiro atoms. The molecule has 1 N–H and O–H groups in total. The Kier molecular flexibility index (Phi) is 7.05. The molecule has 0 aromatic heterocycles. The maximum absolute atomic E-state index is 12.5. The molecule has 0 bridgehead atoms. The minimum absolute atomic E-state index is 0. The Morgan fingerprint density at radius 2 is 1.64 bits per heavy atom. The third-order valence-electron chi connectivity index (χ3n) is 4.30. The number of benzene rings is 2. The van der Waals surface area contributed by atoms with Gasteiger partial charge in [-0.1, -0.05) is 60.7 Å². The fourth-order valence-corrected chi connectivity index (χ4v) is 3.12. The topological polar surface area (TPSA) is 66.8 Å². The van der Waals surface area contributed by atoms with Crippen LogP contribution in [0.1, 0.15) is 23.6 Å². The molecule has 1 aliphatic rings. The molecule has 1 saturated heterocycles. The Morgan fingerprint density at radius 1 is 1.04 bits per heavy atom. The zero-order chi connectivity index (χ0) is 16.9. The van der Waals surface area contributed by atoms with Gasteiger partial charge in [-0.2, -0.15) is 0 Å². The van der Waals surface area contributed by atoms with Crippen molar-refractivity contribution in [2.24, 2.45) is 5.92 Å². The summed E-state index contributed by atoms with van der Waals surface area (Å²) in [6.45, 7) is 0.555. The van der Waals surface area contributed by atoms with E-state index in [0.29, 0.717) is 13.0 Å². The van der Waals surface area contributed by atoms with Crippen LogP contribution in [-0.4, -0.2) is 58.2 Å². The van der Waals surface area contributed by atoms with Gasteiger partial charge in [-0.3, -0.25) is 4.79 Å². The molecule has 0 saturated carbocycles. The molecule has 0 unspecified atom stereocenters. The van der Waals surface area contributed by atoms with Crippen molar-refractivity contribution < 1.29 is 19.4 Å². The Hall–Kier alpha value is -1.82. The maximum Gasteiger partial charge on any atom is 0.410 e. The number of carbonyl (C=O) groups excluding carboxylic acids is 1.